The molecule has 2 rings (SSSR count). The second-order valence-corrected chi connectivity index (χ2v) is 5.36. The van der Waals surface area contributed by atoms with Crippen LogP contribution >= 0.6 is 0 Å². The minimum atomic E-state index is -5.09. The SMILES string of the molecule is [2H]c1c(C([2H])([2H])S(=O)(=O)N([2H])C)c([2H])c2c(CCN(C([2H])([2H])[2H])C([2H])([2H])[2H])c([2H])n([2H])c2c1[2H]. The number of H-pyrrole nitrogens is 1. The molecule has 0 aliphatic rings. The van der Waals surface area contributed by atoms with Crippen LogP contribution in [-0.4, -0.2) is 45.8 Å². The van der Waals surface area contributed by atoms with E-state index in [1.54, 1.807) is 0 Å². The summed E-state index contributed by atoms with van der Waals surface area (Å²) in [5.74, 6) is 0. The van der Waals surface area contributed by atoms with Gasteiger partial charge in [-0.25, -0.2) is 13.1 Å². The number of likely N-dealkylation sites (N-methyl/N-ethyl adjacent to an activating group) is 1. The Hall–Kier alpha value is -1.37. The average molecular weight is 309 g/mol. The molecule has 0 amide bonds. The summed E-state index contributed by atoms with van der Waals surface area (Å²) in [6, 6.07) is -2.86. The van der Waals surface area contributed by atoms with Gasteiger partial charge in [0.05, 0.1) is 11.2 Å². The number of sulfonamides is 1. The summed E-state index contributed by atoms with van der Waals surface area (Å²) < 4.78 is 134. The first-order chi connectivity index (χ1) is 15.1. The van der Waals surface area contributed by atoms with Crippen molar-refractivity contribution in [2.75, 3.05) is 27.5 Å². The molecule has 0 aliphatic heterocycles. The van der Waals surface area contributed by atoms with Gasteiger partial charge in [0.2, 0.25) is 10.0 Å². The zero-order valence-electron chi connectivity index (χ0n) is 24.5. The normalized spacial score (nSPS) is 24.8. The zero-order valence-corrected chi connectivity index (χ0v) is 11.3. The van der Waals surface area contributed by atoms with E-state index in [2.05, 4.69) is 0 Å². The van der Waals surface area contributed by atoms with Crippen molar-refractivity contribution >= 4 is 20.9 Å². The number of nitrogens with zero attached hydrogens (tertiary/aromatic N) is 1. The van der Waals surface area contributed by atoms with Crippen LogP contribution in [0.5, 0.6) is 0 Å². The first-order valence-corrected chi connectivity index (χ1v) is 6.92. The molecule has 0 saturated heterocycles. The first kappa shape index (κ1) is 5.12. The van der Waals surface area contributed by atoms with E-state index in [0.29, 0.717) is 12.0 Å². The Morgan fingerprint density at radius 1 is 1.60 bits per heavy atom. The Kier molecular flexibility index (Phi) is 1.52. The highest BCUT2D eigenvalue weighted by atomic mass is 32.2. The van der Waals surface area contributed by atoms with E-state index in [1.807, 2.05) is 0 Å². The van der Waals surface area contributed by atoms with Crippen LogP contribution in [0.2, 0.25) is 2.82 Å². The lowest BCUT2D eigenvalue weighted by Crippen LogP contribution is -2.20. The third kappa shape index (κ3) is 3.59. The summed E-state index contributed by atoms with van der Waals surface area (Å²) in [4.78, 5) is 0.527. The van der Waals surface area contributed by atoms with Gasteiger partial charge in [0.1, 0.15) is 1.41 Å². The Morgan fingerprint density at radius 3 is 3.10 bits per heavy atom. The van der Waals surface area contributed by atoms with E-state index in [4.69, 9.17) is 19.3 Å². The van der Waals surface area contributed by atoms with Crippen LogP contribution in [0, 0.1) is 0 Å². The highest BCUT2D eigenvalue weighted by Crippen LogP contribution is 2.21. The Bertz CT molecular complexity index is 1200. The molecule has 1 aromatic carbocycles. The van der Waals surface area contributed by atoms with Crippen molar-refractivity contribution in [1.29, 1.82) is 0 Å². The topological polar surface area (TPSA) is 65.2 Å². The Labute approximate surface area is 139 Å². The van der Waals surface area contributed by atoms with Crippen LogP contribution < -0.4 is 4.72 Å². The number of hydrogen-bond donors (Lipinski definition) is 2. The van der Waals surface area contributed by atoms with Crippen molar-refractivity contribution in [2.24, 2.45) is 0 Å². The standard InChI is InChI=1S/C14H21N3O2S/c1-15-20(18,19)10-11-4-5-14-13(8-11)12(9-16-14)6-7-17(2)3/h4-5,8-9,15-16H,6-7,10H2,1-3H3/i2D3,3D3,4D,5D,8D,9D,10D2/hD2. The van der Waals surface area contributed by atoms with Crippen LogP contribution in [0.3, 0.4) is 0 Å². The summed E-state index contributed by atoms with van der Waals surface area (Å²) >= 11 is 0. The third-order valence-corrected chi connectivity index (χ3v) is 3.40. The van der Waals surface area contributed by atoms with Gasteiger partial charge >= 0.3 is 0 Å². The van der Waals surface area contributed by atoms with Gasteiger partial charge < -0.3 is 9.88 Å². The number of aromatic amines is 1. The molecule has 2 aromatic rings. The monoisotopic (exact) mass is 309 g/mol. The summed E-state index contributed by atoms with van der Waals surface area (Å²) in [6.45, 7) is -6.84. The molecule has 0 unspecified atom stereocenters. The number of fused-ring (bicyclic) bond motifs is 1. The zero-order chi connectivity index (χ0) is 26.8. The minimum Gasteiger partial charge on any atom is -0.361 e. The van der Waals surface area contributed by atoms with Crippen LogP contribution in [-0.2, 0) is 22.1 Å². The molecule has 0 spiro atoms. The van der Waals surface area contributed by atoms with E-state index >= 15 is 0 Å². The maximum absolute atomic E-state index is 12.4. The highest BCUT2D eigenvalue weighted by molar-refractivity contribution is 7.88. The molecule has 6 heteroatoms. The minimum absolute atomic E-state index is 0.177. The van der Waals surface area contributed by atoms with Crippen LogP contribution in [0.15, 0.2) is 24.3 Å². The molecule has 2 N–H and O–H groups in total. The van der Waals surface area contributed by atoms with E-state index in [-0.39, 0.29) is 15.2 Å². The lowest BCUT2D eigenvalue weighted by molar-refractivity contribution is 0.414. The van der Waals surface area contributed by atoms with E-state index < -0.39 is 83.4 Å². The summed E-state index contributed by atoms with van der Waals surface area (Å²) in [6.07, 6.45) is -1.21. The lowest BCUT2D eigenvalue weighted by atomic mass is 10.1. The van der Waals surface area contributed by atoms with Gasteiger partial charge in [-0.3, -0.25) is 0 Å². The van der Waals surface area contributed by atoms with Gasteiger partial charge in [0, 0.05) is 34.6 Å². The number of nitrogens with one attached hydrogen (secondary N) is 2. The predicted molar refractivity (Wildman–Crippen MR) is 82.2 cm³/mol. The molecule has 0 fully saturated rings. The number of rotatable bonds is 6. The predicted octanol–water partition coefficient (Wildman–Crippen LogP) is 1.32. The fraction of sp³-hybridized carbons (Fsp3) is 0.429. The number of hydrogen-bond acceptors (Lipinski definition) is 3. The molecule has 0 radical (unpaired) electrons. The van der Waals surface area contributed by atoms with E-state index in [9.17, 15) is 8.42 Å². The van der Waals surface area contributed by atoms with Crippen molar-refractivity contribution in [3.63, 3.8) is 0 Å². The fourth-order valence-corrected chi connectivity index (χ4v) is 1.96. The van der Waals surface area contributed by atoms with Crippen LogP contribution in [0.4, 0.5) is 0 Å². The molecule has 1 heterocycles. The van der Waals surface area contributed by atoms with Gasteiger partial charge in [-0.2, -0.15) is 0 Å². The molecular weight excluding hydrogens is 274 g/mol. The van der Waals surface area contributed by atoms with Crippen molar-refractivity contribution in [2.45, 2.75) is 12.1 Å². The molecular formula is C14H21N3O2S. The maximum Gasteiger partial charge on any atom is 0.215 e. The molecule has 5 nitrogen and oxygen atoms in total. The van der Waals surface area contributed by atoms with Gasteiger partial charge in [-0.15, -0.1) is 0 Å². The maximum atomic E-state index is 12.4. The van der Waals surface area contributed by atoms with Crippen molar-refractivity contribution in [3.05, 3.63) is 35.4 Å². The average Bonchev–Trinajstić information content (AvgIpc) is 2.89. The van der Waals surface area contributed by atoms with E-state index in [1.165, 1.54) is 0 Å². The second-order valence-electron chi connectivity index (χ2n) is 3.84. The Morgan fingerprint density at radius 2 is 2.40 bits per heavy atom. The van der Waals surface area contributed by atoms with Gasteiger partial charge in [0.25, 0.3) is 0 Å². The molecule has 0 aliphatic carbocycles. The van der Waals surface area contributed by atoms with Crippen LogP contribution in [0.25, 0.3) is 10.9 Å². The van der Waals surface area contributed by atoms with E-state index in [0.717, 1.165) is 0 Å². The highest BCUT2D eigenvalue weighted by Gasteiger charge is 2.11. The smallest absolute Gasteiger partial charge is 0.215 e. The van der Waals surface area contributed by atoms with Crippen molar-refractivity contribution in [3.8, 4) is 0 Å². The number of aromatic nitrogens is 1. The van der Waals surface area contributed by atoms with Gasteiger partial charge in [-0.1, -0.05) is 6.04 Å². The summed E-state index contributed by atoms with van der Waals surface area (Å²) in [5.41, 5.74) is -5.41. The summed E-state index contributed by atoms with van der Waals surface area (Å²) in [5, 5.41) is -0.459. The van der Waals surface area contributed by atoms with Gasteiger partial charge in [0.15, 0.2) is 1.41 Å². The second kappa shape index (κ2) is 5.95. The molecule has 0 saturated carbocycles. The molecule has 0 atom stereocenters. The van der Waals surface area contributed by atoms with Gasteiger partial charge in [-0.05, 0) is 50.6 Å². The summed E-state index contributed by atoms with van der Waals surface area (Å²) in [7, 11) is -4.37. The quantitative estimate of drug-likeness (QED) is 0.846. The Balaban J connectivity index is 2.86. The number of benzene rings is 1. The van der Waals surface area contributed by atoms with Crippen molar-refractivity contribution in [1.82, 2.24) is 14.6 Å². The van der Waals surface area contributed by atoms with Crippen molar-refractivity contribution < 1.29 is 27.7 Å². The van der Waals surface area contributed by atoms with Crippen LogP contribution in [0.1, 0.15) is 27.6 Å². The molecule has 110 valence electrons. The molecule has 20 heavy (non-hydrogen) atoms. The molecule has 0 bridgehead atoms. The first-order valence-electron chi connectivity index (χ1n) is 12.4. The fourth-order valence-electron chi connectivity index (χ4n) is 1.51. The molecule has 1 aromatic heterocycles. The lowest BCUT2D eigenvalue weighted by Gasteiger charge is -2.08. The third-order valence-electron chi connectivity index (χ3n) is 2.45. The largest absolute Gasteiger partial charge is 0.361 e.